The van der Waals surface area contributed by atoms with Crippen LogP contribution in [0, 0.1) is 0 Å². The van der Waals surface area contributed by atoms with Crippen molar-refractivity contribution in [1.82, 2.24) is 4.98 Å². The van der Waals surface area contributed by atoms with Crippen molar-refractivity contribution in [2.24, 2.45) is 0 Å². The van der Waals surface area contributed by atoms with Crippen LogP contribution in [0.4, 0.5) is 19.0 Å². The van der Waals surface area contributed by atoms with Crippen LogP contribution >= 0.6 is 27.7 Å². The number of nitrogens with zero attached hydrogens (tertiary/aromatic N) is 1. The minimum Gasteiger partial charge on any atom is -0.396 e. The summed E-state index contributed by atoms with van der Waals surface area (Å²) in [5, 5.41) is 11.3. The van der Waals surface area contributed by atoms with Crippen LogP contribution in [0.2, 0.25) is 0 Å². The number of pyridine rings is 1. The number of halogens is 4. The number of alkyl halides is 3. The Labute approximate surface area is 122 Å². The Morgan fingerprint density at radius 1 is 1.37 bits per heavy atom. The predicted molar refractivity (Wildman–Crippen MR) is 74.5 cm³/mol. The van der Waals surface area contributed by atoms with E-state index in [9.17, 15) is 13.2 Å². The molecule has 0 aliphatic rings. The molecule has 3 nitrogen and oxygen atoms in total. The van der Waals surface area contributed by atoms with E-state index >= 15 is 0 Å². The lowest BCUT2D eigenvalue weighted by atomic mass is 10.2. The Morgan fingerprint density at radius 3 is 2.74 bits per heavy atom. The van der Waals surface area contributed by atoms with Gasteiger partial charge >= 0.3 is 6.18 Å². The van der Waals surface area contributed by atoms with Crippen molar-refractivity contribution >= 4 is 33.5 Å². The van der Waals surface area contributed by atoms with Crippen LogP contribution in [0.15, 0.2) is 16.7 Å². The van der Waals surface area contributed by atoms with Crippen LogP contribution in [0.1, 0.15) is 12.0 Å². The summed E-state index contributed by atoms with van der Waals surface area (Å²) >= 11 is 4.55. The summed E-state index contributed by atoms with van der Waals surface area (Å²) in [7, 11) is 0. The van der Waals surface area contributed by atoms with Crippen molar-refractivity contribution in [2.45, 2.75) is 12.6 Å². The highest BCUT2D eigenvalue weighted by Gasteiger charge is 2.34. The van der Waals surface area contributed by atoms with Gasteiger partial charge in [-0.05, 0) is 34.2 Å². The van der Waals surface area contributed by atoms with E-state index in [1.165, 1.54) is 6.20 Å². The standard InChI is InChI=1S/C11H14BrF3N2OS/c12-8-6-9(11(13,14)15)10(17-7-8)16-2-5-19-4-1-3-18/h6-7,18H,1-5H2,(H,16,17). The summed E-state index contributed by atoms with van der Waals surface area (Å²) in [4.78, 5) is 3.75. The van der Waals surface area contributed by atoms with E-state index in [0.717, 1.165) is 11.8 Å². The summed E-state index contributed by atoms with van der Waals surface area (Å²) < 4.78 is 38.6. The van der Waals surface area contributed by atoms with Gasteiger partial charge < -0.3 is 10.4 Å². The third-order valence-corrected chi connectivity index (χ3v) is 3.65. The normalized spacial score (nSPS) is 11.6. The van der Waals surface area contributed by atoms with Crippen molar-refractivity contribution in [3.05, 3.63) is 22.3 Å². The maximum atomic E-state index is 12.8. The molecule has 8 heteroatoms. The summed E-state index contributed by atoms with van der Waals surface area (Å²) in [6.45, 7) is 0.528. The first-order valence-electron chi connectivity index (χ1n) is 5.60. The number of hydrogen-bond donors (Lipinski definition) is 2. The zero-order valence-electron chi connectivity index (χ0n) is 10.0. The van der Waals surface area contributed by atoms with E-state index in [1.807, 2.05) is 0 Å². The van der Waals surface area contributed by atoms with E-state index in [1.54, 1.807) is 11.8 Å². The fourth-order valence-electron chi connectivity index (χ4n) is 1.31. The molecular weight excluding hydrogens is 345 g/mol. The van der Waals surface area contributed by atoms with Crippen molar-refractivity contribution in [3.63, 3.8) is 0 Å². The molecule has 2 N–H and O–H groups in total. The number of nitrogens with one attached hydrogen (secondary N) is 1. The van der Waals surface area contributed by atoms with Crippen molar-refractivity contribution in [3.8, 4) is 0 Å². The van der Waals surface area contributed by atoms with E-state index in [-0.39, 0.29) is 12.4 Å². The van der Waals surface area contributed by atoms with Crippen LogP contribution in [0.25, 0.3) is 0 Å². The number of rotatable bonds is 7. The minimum atomic E-state index is -4.43. The number of aromatic nitrogens is 1. The van der Waals surface area contributed by atoms with Gasteiger partial charge in [-0.2, -0.15) is 24.9 Å². The third kappa shape index (κ3) is 6.01. The zero-order valence-corrected chi connectivity index (χ0v) is 12.4. The van der Waals surface area contributed by atoms with Gasteiger partial charge in [0, 0.05) is 29.6 Å². The molecule has 1 aromatic heterocycles. The van der Waals surface area contributed by atoms with Gasteiger partial charge in [-0.25, -0.2) is 4.98 Å². The number of aliphatic hydroxyl groups is 1. The molecule has 0 saturated heterocycles. The molecule has 0 aliphatic heterocycles. The Bertz CT molecular complexity index is 404. The fraction of sp³-hybridized carbons (Fsp3) is 0.545. The van der Waals surface area contributed by atoms with Gasteiger partial charge in [0.1, 0.15) is 5.82 Å². The van der Waals surface area contributed by atoms with Gasteiger partial charge in [0.2, 0.25) is 0 Å². The first-order valence-corrected chi connectivity index (χ1v) is 7.55. The van der Waals surface area contributed by atoms with E-state index in [4.69, 9.17) is 5.11 Å². The monoisotopic (exact) mass is 358 g/mol. The first-order chi connectivity index (χ1) is 8.95. The topological polar surface area (TPSA) is 45.1 Å². The first kappa shape index (κ1) is 16.6. The molecule has 0 aromatic carbocycles. The lowest BCUT2D eigenvalue weighted by molar-refractivity contribution is -0.137. The van der Waals surface area contributed by atoms with Crippen molar-refractivity contribution in [2.75, 3.05) is 30.0 Å². The lowest BCUT2D eigenvalue weighted by Crippen LogP contribution is -2.14. The maximum absolute atomic E-state index is 12.8. The van der Waals surface area contributed by atoms with Gasteiger partial charge in [0.15, 0.2) is 0 Å². The number of aliphatic hydroxyl groups excluding tert-OH is 1. The number of thioether (sulfide) groups is 1. The van der Waals surface area contributed by atoms with Gasteiger partial charge in [-0.1, -0.05) is 0 Å². The molecule has 0 amide bonds. The Hall–Kier alpha value is -0.470. The smallest absolute Gasteiger partial charge is 0.396 e. The molecule has 1 heterocycles. The number of anilines is 1. The summed E-state index contributed by atoms with van der Waals surface area (Å²) in [5.74, 6) is 1.30. The molecule has 0 fully saturated rings. The number of hydrogen-bond acceptors (Lipinski definition) is 4. The van der Waals surface area contributed by atoms with E-state index in [0.29, 0.717) is 23.2 Å². The zero-order chi connectivity index (χ0) is 14.3. The Kier molecular flexibility index (Phi) is 6.95. The van der Waals surface area contributed by atoms with Crippen LogP contribution in [0.5, 0.6) is 0 Å². The molecule has 0 atom stereocenters. The Morgan fingerprint density at radius 2 is 2.11 bits per heavy atom. The summed E-state index contributed by atoms with van der Waals surface area (Å²) in [6, 6.07) is 1.01. The maximum Gasteiger partial charge on any atom is 0.419 e. The third-order valence-electron chi connectivity index (χ3n) is 2.15. The molecule has 0 aliphatic carbocycles. The molecule has 0 spiro atoms. The van der Waals surface area contributed by atoms with Crippen molar-refractivity contribution in [1.29, 1.82) is 0 Å². The van der Waals surface area contributed by atoms with Gasteiger partial charge in [0.05, 0.1) is 5.56 Å². The highest BCUT2D eigenvalue weighted by atomic mass is 79.9. The molecule has 1 aromatic rings. The molecule has 0 radical (unpaired) electrons. The van der Waals surface area contributed by atoms with Gasteiger partial charge in [-0.3, -0.25) is 0 Å². The molecule has 19 heavy (non-hydrogen) atoms. The van der Waals surface area contributed by atoms with Crippen molar-refractivity contribution < 1.29 is 18.3 Å². The highest BCUT2D eigenvalue weighted by Crippen LogP contribution is 2.35. The molecule has 0 saturated carbocycles. The summed E-state index contributed by atoms with van der Waals surface area (Å²) in [5.41, 5.74) is -0.776. The fourth-order valence-corrected chi connectivity index (χ4v) is 2.42. The van der Waals surface area contributed by atoms with Crippen LogP contribution in [0.3, 0.4) is 0 Å². The molecule has 108 valence electrons. The van der Waals surface area contributed by atoms with Gasteiger partial charge in [0.25, 0.3) is 0 Å². The molecular formula is C11H14BrF3N2OS. The second-order valence-electron chi connectivity index (χ2n) is 3.66. The second-order valence-corrected chi connectivity index (χ2v) is 5.80. The SMILES string of the molecule is OCCCSCCNc1ncc(Br)cc1C(F)(F)F. The molecule has 1 rings (SSSR count). The minimum absolute atomic E-state index is 0.132. The highest BCUT2D eigenvalue weighted by molar-refractivity contribution is 9.10. The average Bonchev–Trinajstić information content (AvgIpc) is 2.34. The Balaban J connectivity index is 2.54. The lowest BCUT2D eigenvalue weighted by Gasteiger charge is -2.13. The van der Waals surface area contributed by atoms with Crippen LogP contribution in [-0.4, -0.2) is 34.7 Å². The summed E-state index contributed by atoms with van der Waals surface area (Å²) in [6.07, 6.45) is -2.41. The second kappa shape index (κ2) is 7.96. The quantitative estimate of drug-likeness (QED) is 0.733. The average molecular weight is 359 g/mol. The molecule has 0 bridgehead atoms. The molecule has 0 unspecified atom stereocenters. The van der Waals surface area contributed by atoms with E-state index < -0.39 is 11.7 Å². The van der Waals surface area contributed by atoms with Gasteiger partial charge in [-0.15, -0.1) is 0 Å². The predicted octanol–water partition coefficient (Wildman–Crippen LogP) is 3.39. The van der Waals surface area contributed by atoms with Crippen LogP contribution in [-0.2, 0) is 6.18 Å². The van der Waals surface area contributed by atoms with E-state index in [2.05, 4.69) is 26.2 Å². The largest absolute Gasteiger partial charge is 0.419 e. The van der Waals surface area contributed by atoms with Crippen LogP contribution < -0.4 is 5.32 Å².